The van der Waals surface area contributed by atoms with E-state index in [2.05, 4.69) is 11.4 Å². The lowest BCUT2D eigenvalue weighted by atomic mass is 10.2. The topological polar surface area (TPSA) is 52.9 Å². The smallest absolute Gasteiger partial charge is 0.261 e. The van der Waals surface area contributed by atoms with Gasteiger partial charge in [-0.2, -0.15) is 5.26 Å². The molecular weight excluding hydrogens is 196 g/mol. The van der Waals surface area contributed by atoms with E-state index in [1.165, 1.54) is 11.3 Å². The van der Waals surface area contributed by atoms with Crippen molar-refractivity contribution in [2.45, 2.75) is 19.3 Å². The van der Waals surface area contributed by atoms with Crippen LogP contribution in [0.3, 0.4) is 0 Å². The van der Waals surface area contributed by atoms with Crippen molar-refractivity contribution in [1.82, 2.24) is 5.32 Å². The molecule has 0 bridgehead atoms. The van der Waals surface area contributed by atoms with Crippen LogP contribution in [0.1, 0.15) is 28.9 Å². The predicted octanol–water partition coefficient (Wildman–Crippen LogP) is 2.17. The summed E-state index contributed by atoms with van der Waals surface area (Å²) in [6.45, 7) is 0.651. The molecule has 0 saturated heterocycles. The van der Waals surface area contributed by atoms with Crippen molar-refractivity contribution in [3.05, 3.63) is 22.4 Å². The Hall–Kier alpha value is -1.34. The molecule has 0 aromatic carbocycles. The van der Waals surface area contributed by atoms with Gasteiger partial charge in [-0.05, 0) is 24.3 Å². The molecule has 0 aliphatic carbocycles. The zero-order valence-corrected chi connectivity index (χ0v) is 8.64. The lowest BCUT2D eigenvalue weighted by Gasteiger charge is -2.01. The normalized spacial score (nSPS) is 9.36. The van der Waals surface area contributed by atoms with Gasteiger partial charge in [0.25, 0.3) is 5.91 Å². The summed E-state index contributed by atoms with van der Waals surface area (Å²) in [6, 6.07) is 5.73. The summed E-state index contributed by atoms with van der Waals surface area (Å²) in [5.41, 5.74) is 0. The van der Waals surface area contributed by atoms with Crippen molar-refractivity contribution in [2.24, 2.45) is 0 Å². The molecule has 0 aliphatic heterocycles. The third kappa shape index (κ3) is 3.58. The van der Waals surface area contributed by atoms with Crippen LogP contribution in [0.15, 0.2) is 17.5 Å². The third-order valence-electron chi connectivity index (χ3n) is 1.75. The zero-order chi connectivity index (χ0) is 10.2. The molecule has 1 amide bonds. The molecule has 1 aromatic heterocycles. The summed E-state index contributed by atoms with van der Waals surface area (Å²) < 4.78 is 0. The van der Waals surface area contributed by atoms with Gasteiger partial charge >= 0.3 is 0 Å². The molecule has 14 heavy (non-hydrogen) atoms. The van der Waals surface area contributed by atoms with Crippen LogP contribution in [0.25, 0.3) is 0 Å². The van der Waals surface area contributed by atoms with Crippen molar-refractivity contribution in [3.8, 4) is 6.07 Å². The summed E-state index contributed by atoms with van der Waals surface area (Å²) in [6.07, 6.45) is 2.28. The van der Waals surface area contributed by atoms with Gasteiger partial charge in [0.1, 0.15) is 0 Å². The van der Waals surface area contributed by atoms with E-state index in [1.807, 2.05) is 11.4 Å². The maximum absolute atomic E-state index is 11.4. The summed E-state index contributed by atoms with van der Waals surface area (Å²) in [5, 5.41) is 13.0. The Bertz CT molecular complexity index is 313. The fourth-order valence-corrected chi connectivity index (χ4v) is 1.67. The van der Waals surface area contributed by atoms with Crippen LogP contribution in [0.4, 0.5) is 0 Å². The number of hydrogen-bond acceptors (Lipinski definition) is 3. The Balaban J connectivity index is 2.14. The second kappa shape index (κ2) is 6.17. The molecule has 0 fully saturated rings. The molecule has 74 valence electrons. The van der Waals surface area contributed by atoms with Gasteiger partial charge in [0.15, 0.2) is 0 Å². The average Bonchev–Trinajstić information content (AvgIpc) is 2.70. The minimum atomic E-state index is -0.0167. The highest BCUT2D eigenvalue weighted by Gasteiger charge is 2.03. The molecule has 0 atom stereocenters. The second-order valence-corrected chi connectivity index (χ2v) is 3.80. The quantitative estimate of drug-likeness (QED) is 0.754. The van der Waals surface area contributed by atoms with E-state index in [9.17, 15) is 4.79 Å². The fourth-order valence-electron chi connectivity index (χ4n) is 1.03. The molecule has 1 N–H and O–H groups in total. The van der Waals surface area contributed by atoms with Crippen LogP contribution in [-0.2, 0) is 0 Å². The highest BCUT2D eigenvalue weighted by molar-refractivity contribution is 7.12. The van der Waals surface area contributed by atoms with E-state index < -0.39 is 0 Å². The Kier molecular flexibility index (Phi) is 4.73. The maximum atomic E-state index is 11.4. The Morgan fingerprint density at radius 1 is 1.57 bits per heavy atom. The lowest BCUT2D eigenvalue weighted by molar-refractivity contribution is 0.0957. The van der Waals surface area contributed by atoms with E-state index in [0.717, 1.165) is 17.7 Å². The van der Waals surface area contributed by atoms with Crippen molar-refractivity contribution in [1.29, 1.82) is 5.26 Å². The van der Waals surface area contributed by atoms with E-state index in [4.69, 9.17) is 5.26 Å². The molecule has 1 aromatic rings. The molecule has 3 nitrogen and oxygen atoms in total. The monoisotopic (exact) mass is 208 g/mol. The number of nitriles is 1. The van der Waals surface area contributed by atoms with Crippen LogP contribution in [0.2, 0.25) is 0 Å². The molecule has 0 radical (unpaired) electrons. The number of carbonyl (C=O) groups excluding carboxylic acids is 1. The average molecular weight is 208 g/mol. The van der Waals surface area contributed by atoms with Crippen molar-refractivity contribution in [3.63, 3.8) is 0 Å². The van der Waals surface area contributed by atoms with Gasteiger partial charge in [0, 0.05) is 13.0 Å². The number of rotatable bonds is 5. The molecule has 0 aliphatic rings. The summed E-state index contributed by atoms with van der Waals surface area (Å²) in [5.74, 6) is -0.0167. The van der Waals surface area contributed by atoms with Crippen molar-refractivity contribution < 1.29 is 4.79 Å². The molecule has 0 saturated carbocycles. The standard InChI is InChI=1S/C10H12N2OS/c11-6-2-1-3-7-12-10(13)9-5-4-8-14-9/h4-5,8H,1-3,7H2,(H,12,13). The number of hydrogen-bond donors (Lipinski definition) is 1. The van der Waals surface area contributed by atoms with Gasteiger partial charge in [-0.25, -0.2) is 0 Å². The number of carbonyl (C=O) groups is 1. The van der Waals surface area contributed by atoms with Gasteiger partial charge in [0.2, 0.25) is 0 Å². The third-order valence-corrected chi connectivity index (χ3v) is 2.61. The Labute approximate surface area is 87.4 Å². The number of thiophene rings is 1. The Morgan fingerprint density at radius 3 is 3.07 bits per heavy atom. The van der Waals surface area contributed by atoms with Crippen LogP contribution < -0.4 is 5.32 Å². The van der Waals surface area contributed by atoms with Gasteiger partial charge in [-0.1, -0.05) is 6.07 Å². The molecule has 1 heterocycles. The second-order valence-electron chi connectivity index (χ2n) is 2.85. The van der Waals surface area contributed by atoms with Crippen LogP contribution in [0.5, 0.6) is 0 Å². The van der Waals surface area contributed by atoms with Gasteiger partial charge in [0.05, 0.1) is 10.9 Å². The first-order valence-corrected chi connectivity index (χ1v) is 5.41. The van der Waals surface area contributed by atoms with E-state index >= 15 is 0 Å². The number of amides is 1. The zero-order valence-electron chi connectivity index (χ0n) is 7.82. The minimum absolute atomic E-state index is 0.0167. The minimum Gasteiger partial charge on any atom is -0.351 e. The lowest BCUT2D eigenvalue weighted by Crippen LogP contribution is -2.23. The van der Waals surface area contributed by atoms with Crippen molar-refractivity contribution in [2.75, 3.05) is 6.54 Å². The highest BCUT2D eigenvalue weighted by atomic mass is 32.1. The molecular formula is C10H12N2OS. The Morgan fingerprint density at radius 2 is 2.43 bits per heavy atom. The van der Waals surface area contributed by atoms with Gasteiger partial charge in [-0.3, -0.25) is 4.79 Å². The number of nitrogens with zero attached hydrogens (tertiary/aromatic N) is 1. The highest BCUT2D eigenvalue weighted by Crippen LogP contribution is 2.07. The predicted molar refractivity (Wildman–Crippen MR) is 56.1 cm³/mol. The first-order chi connectivity index (χ1) is 6.84. The van der Waals surface area contributed by atoms with Gasteiger partial charge < -0.3 is 5.32 Å². The SMILES string of the molecule is N#CCCCCNC(=O)c1cccs1. The van der Waals surface area contributed by atoms with E-state index in [-0.39, 0.29) is 5.91 Å². The first-order valence-electron chi connectivity index (χ1n) is 4.53. The first kappa shape index (κ1) is 10.7. The fraction of sp³-hybridized carbons (Fsp3) is 0.400. The van der Waals surface area contributed by atoms with E-state index in [0.29, 0.717) is 13.0 Å². The molecule has 0 unspecified atom stereocenters. The summed E-state index contributed by atoms with van der Waals surface area (Å²) in [7, 11) is 0. The molecule has 4 heteroatoms. The molecule has 0 spiro atoms. The number of unbranched alkanes of at least 4 members (excludes halogenated alkanes) is 2. The van der Waals surface area contributed by atoms with Crippen LogP contribution in [-0.4, -0.2) is 12.5 Å². The summed E-state index contributed by atoms with van der Waals surface area (Å²) >= 11 is 1.43. The largest absolute Gasteiger partial charge is 0.351 e. The van der Waals surface area contributed by atoms with Crippen molar-refractivity contribution >= 4 is 17.2 Å². The summed E-state index contributed by atoms with van der Waals surface area (Å²) in [4.78, 5) is 12.1. The number of nitrogens with one attached hydrogen (secondary N) is 1. The molecule has 1 rings (SSSR count). The van der Waals surface area contributed by atoms with E-state index in [1.54, 1.807) is 6.07 Å². The maximum Gasteiger partial charge on any atom is 0.261 e. The van der Waals surface area contributed by atoms with Gasteiger partial charge in [-0.15, -0.1) is 11.3 Å². The van der Waals surface area contributed by atoms with Crippen LogP contribution in [0, 0.1) is 11.3 Å². The van der Waals surface area contributed by atoms with Crippen LogP contribution >= 0.6 is 11.3 Å².